The van der Waals surface area contributed by atoms with Gasteiger partial charge in [0.25, 0.3) is 0 Å². The molecule has 0 bridgehead atoms. The van der Waals surface area contributed by atoms with Crippen molar-refractivity contribution in [1.29, 1.82) is 0 Å². The first-order valence-electron chi connectivity index (χ1n) is 4.02. The molecule has 0 saturated carbocycles. The Labute approximate surface area is 70.8 Å². The summed E-state index contributed by atoms with van der Waals surface area (Å²) in [6.45, 7) is 2.09. The average molecular weight is 168 g/mol. The van der Waals surface area contributed by atoms with Gasteiger partial charge in [0.15, 0.2) is 0 Å². The summed E-state index contributed by atoms with van der Waals surface area (Å²) in [6.07, 6.45) is 3.44. The van der Waals surface area contributed by atoms with Crippen molar-refractivity contribution in [3.8, 4) is 0 Å². The molecule has 66 valence electrons. The third-order valence-corrected chi connectivity index (χ3v) is 1.63. The zero-order valence-electron chi connectivity index (χ0n) is 7.03. The zero-order valence-corrected chi connectivity index (χ0v) is 7.03. The first kappa shape index (κ1) is 8.77. The molecule has 0 saturated heterocycles. The van der Waals surface area contributed by atoms with E-state index in [0.29, 0.717) is 0 Å². The minimum atomic E-state index is -1.03. The number of carbonyl (C=O) groups is 1. The van der Waals surface area contributed by atoms with Crippen LogP contribution in [0.5, 0.6) is 0 Å². The van der Waals surface area contributed by atoms with Crippen LogP contribution in [-0.4, -0.2) is 21.0 Å². The number of unbranched alkanes of at least 4 members (excludes halogenated alkanes) is 1. The summed E-state index contributed by atoms with van der Waals surface area (Å²) < 4.78 is 0.936. The van der Waals surface area contributed by atoms with Gasteiger partial charge in [-0.05, 0) is 18.9 Å². The van der Waals surface area contributed by atoms with Crippen molar-refractivity contribution in [2.45, 2.75) is 26.2 Å². The van der Waals surface area contributed by atoms with Crippen molar-refractivity contribution in [3.05, 3.63) is 18.0 Å². The molecule has 0 spiro atoms. The number of aromatic nitrogens is 2. The summed E-state index contributed by atoms with van der Waals surface area (Å²) in [5.41, 5.74) is 0.847. The number of carboxylic acid groups (broad SMARTS) is 1. The van der Waals surface area contributed by atoms with Crippen molar-refractivity contribution >= 4 is 6.09 Å². The lowest BCUT2D eigenvalue weighted by Crippen LogP contribution is -2.08. The van der Waals surface area contributed by atoms with Gasteiger partial charge in [0, 0.05) is 6.20 Å². The predicted molar refractivity (Wildman–Crippen MR) is 44.3 cm³/mol. The number of nitrogens with zero attached hydrogens (tertiary/aromatic N) is 2. The predicted octanol–water partition coefficient (Wildman–Crippen LogP) is 1.75. The second-order valence-corrected chi connectivity index (χ2v) is 2.64. The first-order valence-corrected chi connectivity index (χ1v) is 4.02. The van der Waals surface area contributed by atoms with Crippen LogP contribution < -0.4 is 0 Å². The minimum Gasteiger partial charge on any atom is -0.463 e. The molecule has 0 amide bonds. The lowest BCUT2D eigenvalue weighted by molar-refractivity contribution is 0.192. The molecular weight excluding hydrogens is 156 g/mol. The number of hydrogen-bond donors (Lipinski definition) is 1. The second kappa shape index (κ2) is 3.90. The van der Waals surface area contributed by atoms with Crippen LogP contribution in [0.3, 0.4) is 0 Å². The molecule has 0 aliphatic carbocycles. The van der Waals surface area contributed by atoms with Crippen LogP contribution in [0.1, 0.15) is 25.5 Å². The van der Waals surface area contributed by atoms with Crippen molar-refractivity contribution in [2.75, 3.05) is 0 Å². The maximum atomic E-state index is 10.4. The Bertz CT molecular complexity index is 268. The Balaban J connectivity index is 2.58. The van der Waals surface area contributed by atoms with Crippen LogP contribution in [0.2, 0.25) is 0 Å². The van der Waals surface area contributed by atoms with E-state index in [0.717, 1.165) is 29.6 Å². The topological polar surface area (TPSA) is 55.1 Å². The van der Waals surface area contributed by atoms with E-state index in [1.807, 2.05) is 0 Å². The van der Waals surface area contributed by atoms with Crippen molar-refractivity contribution in [2.24, 2.45) is 0 Å². The molecule has 0 atom stereocenters. The Morgan fingerprint density at radius 3 is 3.00 bits per heavy atom. The summed E-state index contributed by atoms with van der Waals surface area (Å²) in [6, 6.07) is 1.74. The van der Waals surface area contributed by atoms with E-state index < -0.39 is 6.09 Å². The maximum Gasteiger partial charge on any atom is 0.432 e. The lowest BCUT2D eigenvalue weighted by atomic mass is 10.2. The van der Waals surface area contributed by atoms with Crippen molar-refractivity contribution < 1.29 is 9.90 Å². The van der Waals surface area contributed by atoms with Crippen LogP contribution in [-0.2, 0) is 6.42 Å². The summed E-state index contributed by atoms with van der Waals surface area (Å²) in [5, 5.41) is 12.4. The summed E-state index contributed by atoms with van der Waals surface area (Å²) in [7, 11) is 0. The average Bonchev–Trinajstić information content (AvgIpc) is 2.48. The number of hydrogen-bond acceptors (Lipinski definition) is 2. The molecule has 1 aromatic heterocycles. The van der Waals surface area contributed by atoms with Gasteiger partial charge in [-0.15, -0.1) is 0 Å². The first-order chi connectivity index (χ1) is 5.74. The van der Waals surface area contributed by atoms with Crippen LogP contribution in [0.4, 0.5) is 4.79 Å². The molecule has 4 heteroatoms. The quantitative estimate of drug-likeness (QED) is 0.748. The molecule has 12 heavy (non-hydrogen) atoms. The van der Waals surface area contributed by atoms with Gasteiger partial charge in [0.1, 0.15) is 0 Å². The highest BCUT2D eigenvalue weighted by molar-refractivity contribution is 5.66. The molecule has 1 rings (SSSR count). The van der Waals surface area contributed by atoms with E-state index in [2.05, 4.69) is 12.0 Å². The monoisotopic (exact) mass is 168 g/mol. The van der Waals surface area contributed by atoms with Crippen LogP contribution >= 0.6 is 0 Å². The normalized spacial score (nSPS) is 10.1. The van der Waals surface area contributed by atoms with Gasteiger partial charge in [0.2, 0.25) is 0 Å². The van der Waals surface area contributed by atoms with Gasteiger partial charge >= 0.3 is 6.09 Å². The van der Waals surface area contributed by atoms with Gasteiger partial charge in [-0.1, -0.05) is 13.3 Å². The minimum absolute atomic E-state index is 0.847. The molecule has 1 N–H and O–H groups in total. The zero-order chi connectivity index (χ0) is 8.97. The molecule has 0 fully saturated rings. The maximum absolute atomic E-state index is 10.4. The Morgan fingerprint density at radius 2 is 2.50 bits per heavy atom. The second-order valence-electron chi connectivity index (χ2n) is 2.64. The Hall–Kier alpha value is -1.32. The SMILES string of the molecule is CCCCc1ccn(C(=O)O)n1. The highest BCUT2D eigenvalue weighted by Crippen LogP contribution is 2.01. The van der Waals surface area contributed by atoms with Gasteiger partial charge < -0.3 is 5.11 Å². The molecule has 1 heterocycles. The number of aryl methyl sites for hydroxylation is 1. The largest absolute Gasteiger partial charge is 0.463 e. The summed E-state index contributed by atoms with van der Waals surface area (Å²) in [4.78, 5) is 10.4. The summed E-state index contributed by atoms with van der Waals surface area (Å²) in [5.74, 6) is 0. The molecule has 0 aliphatic rings. The number of rotatable bonds is 3. The fourth-order valence-electron chi connectivity index (χ4n) is 0.959. The molecule has 4 nitrogen and oxygen atoms in total. The smallest absolute Gasteiger partial charge is 0.432 e. The van der Waals surface area contributed by atoms with Gasteiger partial charge in [-0.3, -0.25) is 0 Å². The van der Waals surface area contributed by atoms with Crippen molar-refractivity contribution in [3.63, 3.8) is 0 Å². The highest BCUT2D eigenvalue weighted by Gasteiger charge is 2.02. The van der Waals surface area contributed by atoms with Gasteiger partial charge in [0.05, 0.1) is 5.69 Å². The van der Waals surface area contributed by atoms with E-state index in [-0.39, 0.29) is 0 Å². The fourth-order valence-corrected chi connectivity index (χ4v) is 0.959. The van der Waals surface area contributed by atoms with Gasteiger partial charge in [-0.25, -0.2) is 4.79 Å². The molecule has 0 unspecified atom stereocenters. The van der Waals surface area contributed by atoms with Crippen LogP contribution in [0.25, 0.3) is 0 Å². The van der Waals surface area contributed by atoms with E-state index in [1.165, 1.54) is 6.20 Å². The van der Waals surface area contributed by atoms with E-state index in [4.69, 9.17) is 5.11 Å². The highest BCUT2D eigenvalue weighted by atomic mass is 16.4. The molecule has 0 aliphatic heterocycles. The standard InChI is InChI=1S/C8H12N2O2/c1-2-3-4-7-5-6-10(9-7)8(11)12/h5-6H,2-4H2,1H3,(H,11,12). The Morgan fingerprint density at radius 1 is 1.75 bits per heavy atom. The van der Waals surface area contributed by atoms with Crippen LogP contribution in [0, 0.1) is 0 Å². The van der Waals surface area contributed by atoms with Crippen molar-refractivity contribution in [1.82, 2.24) is 9.78 Å². The van der Waals surface area contributed by atoms with Gasteiger partial charge in [-0.2, -0.15) is 9.78 Å². The van der Waals surface area contributed by atoms with Crippen LogP contribution in [0.15, 0.2) is 12.3 Å². The van der Waals surface area contributed by atoms with E-state index in [9.17, 15) is 4.79 Å². The van der Waals surface area contributed by atoms with E-state index >= 15 is 0 Å². The molecule has 0 radical (unpaired) electrons. The molecule has 0 aromatic carbocycles. The fraction of sp³-hybridized carbons (Fsp3) is 0.500. The lowest BCUT2D eigenvalue weighted by Gasteiger charge is -1.92. The molecular formula is C8H12N2O2. The van der Waals surface area contributed by atoms with E-state index in [1.54, 1.807) is 6.07 Å². The molecule has 1 aromatic rings. The third-order valence-electron chi connectivity index (χ3n) is 1.63. The Kier molecular flexibility index (Phi) is 2.85. The summed E-state index contributed by atoms with van der Waals surface area (Å²) >= 11 is 0. The third kappa shape index (κ3) is 2.08.